The highest BCUT2D eigenvalue weighted by Gasteiger charge is 2.18. The molecule has 0 amide bonds. The zero-order chi connectivity index (χ0) is 13.2. The van der Waals surface area contributed by atoms with Gasteiger partial charge in [0, 0.05) is 26.7 Å². The van der Waals surface area contributed by atoms with Crippen LogP contribution in [0.2, 0.25) is 0 Å². The normalized spacial score (nSPS) is 20.8. The van der Waals surface area contributed by atoms with Crippen molar-refractivity contribution in [3.8, 4) is 0 Å². The number of anilines is 1. The van der Waals surface area contributed by atoms with E-state index < -0.39 is 0 Å². The number of ether oxygens (including phenoxy) is 1. The van der Waals surface area contributed by atoms with Gasteiger partial charge in [0.2, 0.25) is 5.95 Å². The van der Waals surface area contributed by atoms with Gasteiger partial charge in [0.05, 0.1) is 23.7 Å². The molecule has 5 nitrogen and oxygen atoms in total. The highest BCUT2D eigenvalue weighted by molar-refractivity contribution is 5.78. The molecule has 1 aromatic carbocycles. The van der Waals surface area contributed by atoms with Crippen LogP contribution in [0.15, 0.2) is 24.3 Å². The van der Waals surface area contributed by atoms with Crippen molar-refractivity contribution in [3.05, 3.63) is 24.3 Å². The van der Waals surface area contributed by atoms with E-state index in [0.717, 1.165) is 43.2 Å². The summed E-state index contributed by atoms with van der Waals surface area (Å²) in [5.41, 5.74) is 2.17. The van der Waals surface area contributed by atoms with Gasteiger partial charge in [-0.05, 0) is 19.2 Å². The number of likely N-dealkylation sites (N-methyl/N-ethyl adjacent to an activating group) is 1. The number of fused-ring (bicyclic) bond motifs is 1. The largest absolute Gasteiger partial charge is 0.374 e. The van der Waals surface area contributed by atoms with Gasteiger partial charge in [-0.1, -0.05) is 12.1 Å². The number of nitrogens with one attached hydrogen (secondary N) is 1. The van der Waals surface area contributed by atoms with E-state index in [2.05, 4.69) is 32.9 Å². The average molecular weight is 260 g/mol. The van der Waals surface area contributed by atoms with E-state index in [1.807, 2.05) is 25.2 Å². The summed E-state index contributed by atoms with van der Waals surface area (Å²) in [6.07, 6.45) is 0.235. The molecule has 0 spiro atoms. The van der Waals surface area contributed by atoms with Crippen LogP contribution in [0.4, 0.5) is 5.95 Å². The van der Waals surface area contributed by atoms with E-state index in [1.165, 1.54) is 0 Å². The highest BCUT2D eigenvalue weighted by atomic mass is 16.5. The maximum Gasteiger partial charge on any atom is 0.203 e. The number of hydrogen-bond donors (Lipinski definition) is 1. The van der Waals surface area contributed by atoms with Gasteiger partial charge < -0.3 is 19.5 Å². The molecule has 1 aromatic heterocycles. The molecule has 0 aliphatic carbocycles. The minimum atomic E-state index is 0.235. The monoisotopic (exact) mass is 260 g/mol. The van der Waals surface area contributed by atoms with Gasteiger partial charge in [0.1, 0.15) is 0 Å². The molecule has 1 saturated heterocycles. The maximum atomic E-state index is 5.74. The molecule has 2 aromatic rings. The minimum Gasteiger partial charge on any atom is -0.374 e. The van der Waals surface area contributed by atoms with Crippen LogP contribution < -0.4 is 5.32 Å². The van der Waals surface area contributed by atoms with Crippen molar-refractivity contribution in [2.45, 2.75) is 6.10 Å². The Bertz CT molecular complexity index is 566. The fourth-order valence-electron chi connectivity index (χ4n) is 2.50. The molecule has 0 radical (unpaired) electrons. The summed E-state index contributed by atoms with van der Waals surface area (Å²) in [5.74, 6) is 0.901. The quantitative estimate of drug-likeness (QED) is 0.903. The topological polar surface area (TPSA) is 42.3 Å². The first-order valence-electron chi connectivity index (χ1n) is 6.69. The summed E-state index contributed by atoms with van der Waals surface area (Å²) in [6, 6.07) is 8.16. The second kappa shape index (κ2) is 5.19. The molecule has 1 fully saturated rings. The number of morpholine rings is 1. The van der Waals surface area contributed by atoms with E-state index >= 15 is 0 Å². The number of imidazole rings is 1. The summed E-state index contributed by atoms with van der Waals surface area (Å²) < 4.78 is 7.83. The van der Waals surface area contributed by atoms with Gasteiger partial charge >= 0.3 is 0 Å². The molecule has 19 heavy (non-hydrogen) atoms. The minimum absolute atomic E-state index is 0.235. The first kappa shape index (κ1) is 12.4. The van der Waals surface area contributed by atoms with E-state index in [9.17, 15) is 0 Å². The molecular weight excluding hydrogens is 240 g/mol. The van der Waals surface area contributed by atoms with Gasteiger partial charge in [-0.3, -0.25) is 0 Å². The van der Waals surface area contributed by atoms with Crippen LogP contribution in [0.25, 0.3) is 11.0 Å². The number of aromatic nitrogens is 2. The van der Waals surface area contributed by atoms with Crippen molar-refractivity contribution in [1.82, 2.24) is 14.5 Å². The van der Waals surface area contributed by atoms with Crippen LogP contribution in [-0.2, 0) is 11.8 Å². The first-order chi connectivity index (χ1) is 9.24. The van der Waals surface area contributed by atoms with Crippen LogP contribution in [-0.4, -0.2) is 53.8 Å². The Morgan fingerprint density at radius 3 is 3.00 bits per heavy atom. The molecule has 1 atom stereocenters. The standard InChI is InChI=1S/C14H20N4O/c1-17-7-8-19-11(10-17)9-15-14-16-12-5-3-4-6-13(12)18(14)2/h3-6,11H,7-10H2,1-2H3,(H,15,16). The third-order valence-electron chi connectivity index (χ3n) is 3.62. The maximum absolute atomic E-state index is 5.74. The lowest BCUT2D eigenvalue weighted by molar-refractivity contribution is -0.0118. The molecular formula is C14H20N4O. The lowest BCUT2D eigenvalue weighted by atomic mass is 10.3. The Morgan fingerprint density at radius 2 is 2.21 bits per heavy atom. The molecule has 1 unspecified atom stereocenters. The van der Waals surface area contributed by atoms with Crippen molar-refractivity contribution in [3.63, 3.8) is 0 Å². The van der Waals surface area contributed by atoms with Crippen LogP contribution >= 0.6 is 0 Å². The number of hydrogen-bond acceptors (Lipinski definition) is 4. The Hall–Kier alpha value is -1.59. The Balaban J connectivity index is 1.69. The highest BCUT2D eigenvalue weighted by Crippen LogP contribution is 2.17. The number of nitrogens with zero attached hydrogens (tertiary/aromatic N) is 3. The molecule has 0 bridgehead atoms. The second-order valence-electron chi connectivity index (χ2n) is 5.12. The van der Waals surface area contributed by atoms with Crippen LogP contribution in [0, 0.1) is 0 Å². The average Bonchev–Trinajstić information content (AvgIpc) is 2.74. The van der Waals surface area contributed by atoms with Crippen LogP contribution in [0.5, 0.6) is 0 Å². The number of rotatable bonds is 3. The van der Waals surface area contributed by atoms with Gasteiger partial charge in [-0.15, -0.1) is 0 Å². The number of benzene rings is 1. The van der Waals surface area contributed by atoms with Gasteiger partial charge in [-0.25, -0.2) is 4.98 Å². The Labute approximate surface area is 113 Å². The van der Waals surface area contributed by atoms with Gasteiger partial charge in [-0.2, -0.15) is 0 Å². The van der Waals surface area contributed by atoms with E-state index in [0.29, 0.717) is 0 Å². The summed E-state index contributed by atoms with van der Waals surface area (Å²) in [4.78, 5) is 6.89. The molecule has 2 heterocycles. The predicted molar refractivity (Wildman–Crippen MR) is 76.4 cm³/mol. The smallest absolute Gasteiger partial charge is 0.203 e. The molecule has 102 valence electrons. The summed E-state index contributed by atoms with van der Waals surface area (Å²) >= 11 is 0. The van der Waals surface area contributed by atoms with Crippen molar-refractivity contribution >= 4 is 17.0 Å². The van der Waals surface area contributed by atoms with Crippen LogP contribution in [0.1, 0.15) is 0 Å². The second-order valence-corrected chi connectivity index (χ2v) is 5.12. The first-order valence-corrected chi connectivity index (χ1v) is 6.69. The lowest BCUT2D eigenvalue weighted by Gasteiger charge is -2.30. The Morgan fingerprint density at radius 1 is 1.37 bits per heavy atom. The molecule has 3 rings (SSSR count). The van der Waals surface area contributed by atoms with Crippen molar-refractivity contribution in [1.29, 1.82) is 0 Å². The van der Waals surface area contributed by atoms with E-state index in [4.69, 9.17) is 4.74 Å². The third kappa shape index (κ3) is 2.57. The van der Waals surface area contributed by atoms with Crippen molar-refractivity contribution < 1.29 is 4.74 Å². The summed E-state index contributed by atoms with van der Waals surface area (Å²) in [5, 5.41) is 3.39. The molecule has 0 saturated carbocycles. The summed E-state index contributed by atoms with van der Waals surface area (Å²) in [6.45, 7) is 3.59. The lowest BCUT2D eigenvalue weighted by Crippen LogP contribution is -2.43. The molecule has 5 heteroatoms. The fourth-order valence-corrected chi connectivity index (χ4v) is 2.50. The number of aryl methyl sites for hydroxylation is 1. The number of para-hydroxylation sites is 2. The fraction of sp³-hybridized carbons (Fsp3) is 0.500. The van der Waals surface area contributed by atoms with Gasteiger partial charge in [0.25, 0.3) is 0 Å². The summed E-state index contributed by atoms with van der Waals surface area (Å²) in [7, 11) is 4.16. The Kier molecular flexibility index (Phi) is 3.40. The van der Waals surface area contributed by atoms with Gasteiger partial charge in [0.15, 0.2) is 0 Å². The third-order valence-corrected chi connectivity index (χ3v) is 3.62. The van der Waals surface area contributed by atoms with E-state index in [1.54, 1.807) is 0 Å². The zero-order valence-electron chi connectivity index (χ0n) is 11.5. The van der Waals surface area contributed by atoms with E-state index in [-0.39, 0.29) is 6.10 Å². The molecule has 1 N–H and O–H groups in total. The van der Waals surface area contributed by atoms with Crippen molar-refractivity contribution in [2.24, 2.45) is 7.05 Å². The van der Waals surface area contributed by atoms with Crippen molar-refractivity contribution in [2.75, 3.05) is 38.6 Å². The predicted octanol–water partition coefficient (Wildman–Crippen LogP) is 1.32. The zero-order valence-corrected chi connectivity index (χ0v) is 11.5. The molecule has 1 aliphatic rings. The van der Waals surface area contributed by atoms with Crippen LogP contribution in [0.3, 0.4) is 0 Å². The SMILES string of the molecule is CN1CCOC(CNc2nc3ccccc3n2C)C1. The molecule has 1 aliphatic heterocycles.